The number of hydrogen-bond donors (Lipinski definition) is 1. The lowest BCUT2D eigenvalue weighted by atomic mass is 10.2. The van der Waals surface area contributed by atoms with Gasteiger partial charge in [0.25, 0.3) is 5.56 Å². The first-order valence-electron chi connectivity index (χ1n) is 9.47. The van der Waals surface area contributed by atoms with Gasteiger partial charge >= 0.3 is 0 Å². The number of aromatic nitrogens is 2. The number of carbonyl (C=O) groups excluding carboxylic acids is 1. The summed E-state index contributed by atoms with van der Waals surface area (Å²) >= 11 is 14.9. The van der Waals surface area contributed by atoms with Crippen molar-refractivity contribution in [1.82, 2.24) is 9.55 Å². The summed E-state index contributed by atoms with van der Waals surface area (Å²) in [6, 6.07) is 4.89. The van der Waals surface area contributed by atoms with E-state index in [9.17, 15) is 9.59 Å². The molecule has 0 radical (unpaired) electrons. The van der Waals surface area contributed by atoms with Crippen LogP contribution in [0.15, 0.2) is 40.8 Å². The largest absolute Gasteiger partial charge is 0.324 e. The summed E-state index contributed by atoms with van der Waals surface area (Å²) in [7, 11) is 0. The standard InChI is InChI=1S/C21H19Cl2N3O2S2/c1-3-9-26-20(28)17-13-5-4-6-16(13)30-19(17)25-21(26)29-11(2)18(27)24-15-8-7-12(22)10-14(15)23/h3,7-8,10-11H,1,4-6,9H2,2H3,(H,24,27). The van der Waals surface area contributed by atoms with Crippen molar-refractivity contribution in [1.29, 1.82) is 0 Å². The van der Waals surface area contributed by atoms with Crippen molar-refractivity contribution in [3.05, 3.63) is 61.7 Å². The molecule has 4 rings (SSSR count). The molecular formula is C21H19Cl2N3O2S2. The summed E-state index contributed by atoms with van der Waals surface area (Å²) in [5.41, 5.74) is 1.57. The highest BCUT2D eigenvalue weighted by Crippen LogP contribution is 2.36. The van der Waals surface area contributed by atoms with E-state index in [2.05, 4.69) is 11.9 Å². The van der Waals surface area contributed by atoms with Crippen molar-refractivity contribution in [3.8, 4) is 0 Å². The van der Waals surface area contributed by atoms with Gasteiger partial charge < -0.3 is 5.32 Å². The van der Waals surface area contributed by atoms with Crippen LogP contribution in [0.1, 0.15) is 23.8 Å². The molecule has 5 nitrogen and oxygen atoms in total. The molecule has 1 atom stereocenters. The summed E-state index contributed by atoms with van der Waals surface area (Å²) < 4.78 is 1.60. The molecule has 3 aromatic rings. The van der Waals surface area contributed by atoms with Gasteiger partial charge in [0.2, 0.25) is 5.91 Å². The number of aryl methyl sites for hydroxylation is 2. The van der Waals surface area contributed by atoms with Crippen LogP contribution < -0.4 is 10.9 Å². The second kappa shape index (κ2) is 8.75. The van der Waals surface area contributed by atoms with Crippen molar-refractivity contribution in [3.63, 3.8) is 0 Å². The minimum Gasteiger partial charge on any atom is -0.324 e. The Bertz CT molecular complexity index is 1220. The van der Waals surface area contributed by atoms with Gasteiger partial charge in [-0.15, -0.1) is 17.9 Å². The third-order valence-electron chi connectivity index (χ3n) is 4.94. The molecule has 1 amide bonds. The van der Waals surface area contributed by atoms with E-state index >= 15 is 0 Å². The summed E-state index contributed by atoms with van der Waals surface area (Å²) in [6.45, 7) is 5.88. The number of carbonyl (C=O) groups is 1. The van der Waals surface area contributed by atoms with E-state index in [4.69, 9.17) is 28.2 Å². The van der Waals surface area contributed by atoms with Gasteiger partial charge in [-0.2, -0.15) is 0 Å². The normalized spacial score (nSPS) is 14.0. The van der Waals surface area contributed by atoms with Gasteiger partial charge in [0.1, 0.15) is 4.83 Å². The number of thiophene rings is 1. The summed E-state index contributed by atoms with van der Waals surface area (Å²) in [6.07, 6.45) is 4.68. The van der Waals surface area contributed by atoms with Crippen molar-refractivity contribution in [2.75, 3.05) is 5.32 Å². The molecule has 0 saturated carbocycles. The molecule has 2 heterocycles. The smallest absolute Gasteiger partial charge is 0.263 e. The first kappa shape index (κ1) is 21.4. The van der Waals surface area contributed by atoms with Crippen LogP contribution in [0.25, 0.3) is 10.2 Å². The fraction of sp³-hybridized carbons (Fsp3) is 0.286. The highest BCUT2D eigenvalue weighted by molar-refractivity contribution is 8.00. The third kappa shape index (κ3) is 4.04. The predicted octanol–water partition coefficient (Wildman–Crippen LogP) is 5.56. The zero-order chi connectivity index (χ0) is 21.4. The molecule has 0 spiro atoms. The second-order valence-corrected chi connectivity index (χ2v) is 10.2. The lowest BCUT2D eigenvalue weighted by Gasteiger charge is -2.15. The van der Waals surface area contributed by atoms with Gasteiger partial charge in [0.05, 0.1) is 21.3 Å². The molecule has 1 aromatic carbocycles. The number of rotatable bonds is 6. The van der Waals surface area contributed by atoms with Crippen molar-refractivity contribution >= 4 is 68.1 Å². The molecule has 1 unspecified atom stereocenters. The van der Waals surface area contributed by atoms with E-state index in [1.165, 1.54) is 16.6 Å². The third-order valence-corrected chi connectivity index (χ3v) is 7.77. The van der Waals surface area contributed by atoms with Crippen LogP contribution in [-0.4, -0.2) is 20.7 Å². The van der Waals surface area contributed by atoms with Crippen LogP contribution in [0.2, 0.25) is 10.0 Å². The van der Waals surface area contributed by atoms with Gasteiger partial charge in [-0.25, -0.2) is 4.98 Å². The predicted molar refractivity (Wildman–Crippen MR) is 127 cm³/mol. The highest BCUT2D eigenvalue weighted by Gasteiger charge is 2.25. The first-order valence-corrected chi connectivity index (χ1v) is 11.9. The lowest BCUT2D eigenvalue weighted by molar-refractivity contribution is -0.115. The molecule has 9 heteroatoms. The Kier molecular flexibility index (Phi) is 6.25. The Morgan fingerprint density at radius 1 is 1.43 bits per heavy atom. The molecule has 1 aliphatic rings. The Hall–Kier alpha value is -1.80. The average molecular weight is 480 g/mol. The van der Waals surface area contributed by atoms with Crippen LogP contribution in [-0.2, 0) is 24.2 Å². The number of halogens is 2. The number of thioether (sulfide) groups is 1. The monoisotopic (exact) mass is 479 g/mol. The van der Waals surface area contributed by atoms with Crippen molar-refractivity contribution in [2.24, 2.45) is 0 Å². The number of fused-ring (bicyclic) bond motifs is 3. The molecule has 156 valence electrons. The number of anilines is 1. The quantitative estimate of drug-likeness (QED) is 0.285. The fourth-order valence-electron chi connectivity index (χ4n) is 3.48. The molecule has 0 bridgehead atoms. The Balaban J connectivity index is 1.63. The Morgan fingerprint density at radius 2 is 2.23 bits per heavy atom. The maximum Gasteiger partial charge on any atom is 0.263 e. The molecule has 30 heavy (non-hydrogen) atoms. The second-order valence-electron chi connectivity index (χ2n) is 7.01. The molecule has 2 aromatic heterocycles. The van der Waals surface area contributed by atoms with E-state index in [1.807, 2.05) is 0 Å². The first-order chi connectivity index (χ1) is 14.4. The fourth-order valence-corrected chi connectivity index (χ4v) is 6.15. The zero-order valence-electron chi connectivity index (χ0n) is 16.2. The maximum atomic E-state index is 13.2. The molecule has 0 saturated heterocycles. The van der Waals surface area contributed by atoms with Crippen LogP contribution in [0, 0.1) is 0 Å². The topological polar surface area (TPSA) is 64.0 Å². The molecular weight excluding hydrogens is 461 g/mol. The van der Waals surface area contributed by atoms with Crippen molar-refractivity contribution in [2.45, 2.75) is 43.1 Å². The van der Waals surface area contributed by atoms with Crippen LogP contribution >= 0.6 is 46.3 Å². The van der Waals surface area contributed by atoms with Gasteiger partial charge in [-0.3, -0.25) is 14.2 Å². The van der Waals surface area contributed by atoms with Gasteiger partial charge in [0, 0.05) is 16.4 Å². The van der Waals surface area contributed by atoms with E-state index < -0.39 is 5.25 Å². The zero-order valence-corrected chi connectivity index (χ0v) is 19.4. The van der Waals surface area contributed by atoms with Gasteiger partial charge in [-0.1, -0.05) is 41.0 Å². The highest BCUT2D eigenvalue weighted by atomic mass is 35.5. The molecule has 1 N–H and O–H groups in total. The van der Waals surface area contributed by atoms with Crippen LogP contribution in [0.4, 0.5) is 5.69 Å². The average Bonchev–Trinajstić information content (AvgIpc) is 3.27. The minimum atomic E-state index is -0.496. The van der Waals surface area contributed by atoms with Gasteiger partial charge in [0.15, 0.2) is 5.16 Å². The lowest BCUT2D eigenvalue weighted by Crippen LogP contribution is -2.27. The molecule has 1 aliphatic carbocycles. The maximum absolute atomic E-state index is 13.2. The number of benzene rings is 1. The number of nitrogens with one attached hydrogen (secondary N) is 1. The van der Waals surface area contributed by atoms with Crippen LogP contribution in [0.5, 0.6) is 0 Å². The summed E-state index contributed by atoms with van der Waals surface area (Å²) in [4.78, 5) is 32.7. The number of amides is 1. The number of nitrogens with zero attached hydrogens (tertiary/aromatic N) is 2. The molecule has 0 fully saturated rings. The van der Waals surface area contributed by atoms with Crippen molar-refractivity contribution < 1.29 is 4.79 Å². The van der Waals surface area contributed by atoms with E-state index in [-0.39, 0.29) is 11.5 Å². The Labute approximate surface area is 192 Å². The van der Waals surface area contributed by atoms with E-state index in [0.717, 1.165) is 35.0 Å². The Morgan fingerprint density at radius 3 is 2.97 bits per heavy atom. The minimum absolute atomic E-state index is 0.0600. The SMILES string of the molecule is C=CCn1c(SC(C)C(=O)Nc2ccc(Cl)cc2Cl)nc2sc3c(c2c1=O)CCC3. The van der Waals surface area contributed by atoms with E-state index in [0.29, 0.717) is 27.4 Å². The number of hydrogen-bond acceptors (Lipinski definition) is 5. The van der Waals surface area contributed by atoms with E-state index in [1.54, 1.807) is 47.1 Å². The summed E-state index contributed by atoms with van der Waals surface area (Å²) in [5.74, 6) is -0.239. The van der Waals surface area contributed by atoms with Crippen LogP contribution in [0.3, 0.4) is 0 Å². The molecule has 0 aliphatic heterocycles. The number of allylic oxidation sites excluding steroid dienone is 1. The van der Waals surface area contributed by atoms with Gasteiger partial charge in [-0.05, 0) is 49.9 Å². The summed E-state index contributed by atoms with van der Waals surface area (Å²) in [5, 5.41) is 4.41.